The van der Waals surface area contributed by atoms with Gasteiger partial charge in [-0.15, -0.1) is 0 Å². The zero-order valence-corrected chi connectivity index (χ0v) is 11.4. The van der Waals surface area contributed by atoms with Crippen molar-refractivity contribution in [3.8, 4) is 0 Å². The normalized spacial score (nSPS) is 27.6. The summed E-state index contributed by atoms with van der Waals surface area (Å²) in [6, 6.07) is 8.37. The lowest BCUT2D eigenvalue weighted by Gasteiger charge is -2.23. The number of carboxylic acid groups (broad SMARTS) is 1. The second-order valence-electron chi connectivity index (χ2n) is 6.04. The van der Waals surface area contributed by atoms with Gasteiger partial charge in [0.25, 0.3) is 0 Å². The van der Waals surface area contributed by atoms with Gasteiger partial charge in [0.2, 0.25) is 0 Å². The van der Waals surface area contributed by atoms with E-state index < -0.39 is 5.97 Å². The summed E-state index contributed by atoms with van der Waals surface area (Å²) in [7, 11) is 0. The van der Waals surface area contributed by atoms with Crippen LogP contribution >= 0.6 is 0 Å². The number of carbonyl (C=O) groups is 1. The fourth-order valence-electron chi connectivity index (χ4n) is 3.20. The highest BCUT2D eigenvalue weighted by atomic mass is 16.4. The van der Waals surface area contributed by atoms with Crippen LogP contribution < -0.4 is 0 Å². The van der Waals surface area contributed by atoms with Crippen molar-refractivity contribution >= 4 is 5.97 Å². The molecule has 3 nitrogen and oxygen atoms in total. The molecule has 1 aromatic carbocycles. The average molecular weight is 259 g/mol. The topological polar surface area (TPSA) is 40.5 Å². The third-order valence-electron chi connectivity index (χ3n) is 4.44. The molecule has 2 aliphatic rings. The minimum Gasteiger partial charge on any atom is -0.480 e. The van der Waals surface area contributed by atoms with Crippen LogP contribution in [0, 0.1) is 5.92 Å². The Morgan fingerprint density at radius 3 is 2.84 bits per heavy atom. The molecular formula is C16H21NO2. The SMILES string of the molecule is CC1CCN(Cc2cccc(C3CC3)c2)C1C(=O)O. The average Bonchev–Trinajstić information content (AvgIpc) is 3.15. The highest BCUT2D eigenvalue weighted by Gasteiger charge is 2.36. The van der Waals surface area contributed by atoms with Crippen molar-refractivity contribution in [3.05, 3.63) is 35.4 Å². The molecule has 19 heavy (non-hydrogen) atoms. The fourth-order valence-corrected chi connectivity index (χ4v) is 3.20. The summed E-state index contributed by atoms with van der Waals surface area (Å²) in [5.41, 5.74) is 2.68. The van der Waals surface area contributed by atoms with Crippen LogP contribution in [0.1, 0.15) is 43.2 Å². The molecule has 0 aromatic heterocycles. The molecule has 0 spiro atoms. The van der Waals surface area contributed by atoms with E-state index in [0.717, 1.165) is 25.4 Å². The first kappa shape index (κ1) is 12.7. The number of hydrogen-bond donors (Lipinski definition) is 1. The summed E-state index contributed by atoms with van der Waals surface area (Å²) >= 11 is 0. The van der Waals surface area contributed by atoms with E-state index in [2.05, 4.69) is 29.2 Å². The third kappa shape index (κ3) is 2.66. The standard InChI is InChI=1S/C16H21NO2/c1-11-7-8-17(15(11)16(18)19)10-12-3-2-4-14(9-12)13-5-6-13/h2-4,9,11,13,15H,5-8,10H2,1H3,(H,18,19). The summed E-state index contributed by atoms with van der Waals surface area (Å²) in [5, 5.41) is 9.34. The second-order valence-corrected chi connectivity index (χ2v) is 6.04. The van der Waals surface area contributed by atoms with Crippen LogP contribution in [0.3, 0.4) is 0 Å². The molecular weight excluding hydrogens is 238 g/mol. The van der Waals surface area contributed by atoms with Crippen LogP contribution in [0.4, 0.5) is 0 Å². The van der Waals surface area contributed by atoms with E-state index in [4.69, 9.17) is 0 Å². The quantitative estimate of drug-likeness (QED) is 0.904. The van der Waals surface area contributed by atoms with Gasteiger partial charge in [-0.2, -0.15) is 0 Å². The third-order valence-corrected chi connectivity index (χ3v) is 4.44. The Morgan fingerprint density at radius 1 is 1.37 bits per heavy atom. The monoisotopic (exact) mass is 259 g/mol. The lowest BCUT2D eigenvalue weighted by molar-refractivity contribution is -0.143. The van der Waals surface area contributed by atoms with Crippen LogP contribution in [0.5, 0.6) is 0 Å². The molecule has 0 radical (unpaired) electrons. The maximum absolute atomic E-state index is 11.4. The van der Waals surface area contributed by atoms with Crippen LogP contribution in [0.2, 0.25) is 0 Å². The molecule has 1 saturated heterocycles. The first-order valence-electron chi connectivity index (χ1n) is 7.21. The smallest absolute Gasteiger partial charge is 0.321 e. The Balaban J connectivity index is 1.73. The van der Waals surface area contributed by atoms with Crippen molar-refractivity contribution in [1.82, 2.24) is 4.90 Å². The predicted molar refractivity (Wildman–Crippen MR) is 74.0 cm³/mol. The summed E-state index contributed by atoms with van der Waals surface area (Å²) in [6.07, 6.45) is 3.60. The molecule has 0 amide bonds. The molecule has 1 aromatic rings. The minimum absolute atomic E-state index is 0.254. The number of rotatable bonds is 4. The van der Waals surface area contributed by atoms with Crippen LogP contribution in [-0.2, 0) is 11.3 Å². The minimum atomic E-state index is -0.677. The zero-order valence-electron chi connectivity index (χ0n) is 11.4. The summed E-state index contributed by atoms with van der Waals surface area (Å²) in [5.74, 6) is 0.334. The fraction of sp³-hybridized carbons (Fsp3) is 0.562. The zero-order chi connectivity index (χ0) is 13.4. The summed E-state index contributed by atoms with van der Waals surface area (Å²) in [6.45, 7) is 3.70. The van der Waals surface area contributed by atoms with Gasteiger partial charge >= 0.3 is 5.97 Å². The van der Waals surface area contributed by atoms with E-state index in [9.17, 15) is 9.90 Å². The molecule has 1 aliphatic carbocycles. The highest BCUT2D eigenvalue weighted by molar-refractivity contribution is 5.74. The van der Waals surface area contributed by atoms with Crippen LogP contribution in [-0.4, -0.2) is 28.6 Å². The van der Waals surface area contributed by atoms with Gasteiger partial charge in [-0.1, -0.05) is 31.2 Å². The number of nitrogens with zero attached hydrogens (tertiary/aromatic N) is 1. The van der Waals surface area contributed by atoms with E-state index in [-0.39, 0.29) is 12.0 Å². The first-order chi connectivity index (χ1) is 9.15. The van der Waals surface area contributed by atoms with Gasteiger partial charge in [-0.05, 0) is 48.8 Å². The Hall–Kier alpha value is -1.35. The van der Waals surface area contributed by atoms with E-state index in [1.54, 1.807) is 0 Å². The Kier molecular flexibility index (Phi) is 3.31. The highest BCUT2D eigenvalue weighted by Crippen LogP contribution is 2.40. The molecule has 2 unspecified atom stereocenters. The summed E-state index contributed by atoms with van der Waals surface area (Å²) < 4.78 is 0. The van der Waals surface area contributed by atoms with E-state index in [0.29, 0.717) is 0 Å². The molecule has 3 heteroatoms. The van der Waals surface area contributed by atoms with Crippen molar-refractivity contribution in [2.24, 2.45) is 5.92 Å². The maximum atomic E-state index is 11.4. The molecule has 1 aliphatic heterocycles. The molecule has 1 saturated carbocycles. The lowest BCUT2D eigenvalue weighted by Crippen LogP contribution is -2.38. The Bertz CT molecular complexity index is 481. The van der Waals surface area contributed by atoms with Crippen molar-refractivity contribution in [1.29, 1.82) is 0 Å². The van der Waals surface area contributed by atoms with Crippen molar-refractivity contribution < 1.29 is 9.90 Å². The first-order valence-corrected chi connectivity index (χ1v) is 7.21. The van der Waals surface area contributed by atoms with Crippen LogP contribution in [0.15, 0.2) is 24.3 Å². The van der Waals surface area contributed by atoms with Crippen molar-refractivity contribution in [3.63, 3.8) is 0 Å². The lowest BCUT2D eigenvalue weighted by atomic mass is 10.0. The van der Waals surface area contributed by atoms with Gasteiger partial charge in [0, 0.05) is 6.54 Å². The van der Waals surface area contributed by atoms with Crippen molar-refractivity contribution in [2.75, 3.05) is 6.54 Å². The van der Waals surface area contributed by atoms with E-state index >= 15 is 0 Å². The number of hydrogen-bond acceptors (Lipinski definition) is 2. The van der Waals surface area contributed by atoms with E-state index in [1.807, 2.05) is 6.92 Å². The number of benzene rings is 1. The molecule has 3 rings (SSSR count). The number of carboxylic acids is 1. The Morgan fingerprint density at radius 2 is 2.16 bits per heavy atom. The molecule has 102 valence electrons. The van der Waals surface area contributed by atoms with Gasteiger partial charge in [-0.25, -0.2) is 0 Å². The maximum Gasteiger partial charge on any atom is 0.321 e. The summed E-state index contributed by atoms with van der Waals surface area (Å²) in [4.78, 5) is 13.5. The van der Waals surface area contributed by atoms with Gasteiger partial charge < -0.3 is 5.11 Å². The number of likely N-dealkylation sites (tertiary alicyclic amines) is 1. The largest absolute Gasteiger partial charge is 0.480 e. The van der Waals surface area contributed by atoms with E-state index in [1.165, 1.54) is 24.0 Å². The second kappa shape index (κ2) is 4.97. The number of aliphatic carboxylic acids is 1. The molecule has 2 fully saturated rings. The molecule has 1 heterocycles. The van der Waals surface area contributed by atoms with Crippen LogP contribution in [0.25, 0.3) is 0 Å². The van der Waals surface area contributed by atoms with Crippen molar-refractivity contribution in [2.45, 2.75) is 44.7 Å². The predicted octanol–water partition coefficient (Wildman–Crippen LogP) is 2.86. The van der Waals surface area contributed by atoms with Gasteiger partial charge in [0.1, 0.15) is 6.04 Å². The molecule has 1 N–H and O–H groups in total. The van der Waals surface area contributed by atoms with Gasteiger partial charge in [-0.3, -0.25) is 9.69 Å². The molecule has 0 bridgehead atoms. The van der Waals surface area contributed by atoms with Gasteiger partial charge in [0.15, 0.2) is 0 Å². The Labute approximate surface area is 114 Å². The van der Waals surface area contributed by atoms with Gasteiger partial charge in [0.05, 0.1) is 0 Å². The molecule has 2 atom stereocenters.